The van der Waals surface area contributed by atoms with Crippen LogP contribution < -0.4 is 5.50 Å². The van der Waals surface area contributed by atoms with E-state index >= 15 is 0 Å². The van der Waals surface area contributed by atoms with Gasteiger partial charge in [-0.25, -0.2) is 13.7 Å². The van der Waals surface area contributed by atoms with Gasteiger partial charge in [-0.3, -0.25) is 5.50 Å². The average molecular weight is 339 g/mol. The standard InChI is InChI=1S/H4NO2P.H5O10P3/c1-4(2)3;1-11(2,3)9-13(7,8)10-12(4,5)6/h2-3H,1H2;(H,7,8)(H2,1,2,3)(H2,4,5,6). The molecule has 0 aliphatic carbocycles. The molecule has 9 N–H and O–H groups in total. The van der Waals surface area contributed by atoms with Gasteiger partial charge in [-0.05, 0) is 0 Å². The Bertz CT molecular complexity index is 315. The Labute approximate surface area is 94.9 Å². The highest BCUT2D eigenvalue weighted by atomic mass is 31.3. The Balaban J connectivity index is 0. The molecule has 0 aliphatic heterocycles. The number of hydrogen-bond donors (Lipinski definition) is 8. The molecule has 0 amide bonds. The molecule has 17 heteroatoms. The van der Waals surface area contributed by atoms with E-state index in [-0.39, 0.29) is 0 Å². The van der Waals surface area contributed by atoms with Crippen molar-refractivity contribution < 1.29 is 56.6 Å². The lowest BCUT2D eigenvalue weighted by molar-refractivity contribution is 0.204. The fourth-order valence-corrected chi connectivity index (χ4v) is 2.82. The summed E-state index contributed by atoms with van der Waals surface area (Å²) in [6.45, 7) is 0. The summed E-state index contributed by atoms with van der Waals surface area (Å²) in [5.74, 6) is 0. The Morgan fingerprint density at radius 2 is 1.00 bits per heavy atom. The van der Waals surface area contributed by atoms with Crippen LogP contribution in [0.15, 0.2) is 0 Å². The van der Waals surface area contributed by atoms with Crippen LogP contribution in [0.1, 0.15) is 0 Å². The monoisotopic (exact) mass is 339 g/mol. The van der Waals surface area contributed by atoms with Gasteiger partial charge in [-0.15, -0.1) is 0 Å². The second-order valence-electron chi connectivity index (χ2n) is 1.93. The topological polar surface area (TPSA) is 237 Å². The van der Waals surface area contributed by atoms with E-state index in [2.05, 4.69) is 14.1 Å². The summed E-state index contributed by atoms with van der Waals surface area (Å²) < 4.78 is 36.4. The highest BCUT2D eigenvalue weighted by molar-refractivity contribution is 7.66. The number of rotatable bonds is 4. The molecule has 0 spiro atoms. The van der Waals surface area contributed by atoms with E-state index in [0.29, 0.717) is 0 Å². The van der Waals surface area contributed by atoms with Crippen molar-refractivity contribution in [3.63, 3.8) is 0 Å². The van der Waals surface area contributed by atoms with Crippen molar-refractivity contribution in [2.45, 2.75) is 0 Å². The fourth-order valence-electron chi connectivity index (χ4n) is 0.284. The van der Waals surface area contributed by atoms with Gasteiger partial charge < -0.3 is 34.3 Å². The van der Waals surface area contributed by atoms with Crippen molar-refractivity contribution in [2.75, 3.05) is 0 Å². The Morgan fingerprint density at radius 1 is 0.824 bits per heavy atom. The summed E-state index contributed by atoms with van der Waals surface area (Å²) in [6, 6.07) is 0. The van der Waals surface area contributed by atoms with Gasteiger partial charge in [0.25, 0.3) is 0 Å². The molecule has 0 aromatic heterocycles. The van der Waals surface area contributed by atoms with Gasteiger partial charge in [0.2, 0.25) is 8.53 Å². The van der Waals surface area contributed by atoms with Crippen LogP contribution >= 0.6 is 32.0 Å². The molecule has 106 valence electrons. The van der Waals surface area contributed by atoms with Crippen molar-refractivity contribution >= 4 is 32.0 Å². The Kier molecular flexibility index (Phi) is 8.66. The zero-order valence-electron chi connectivity index (χ0n) is 7.54. The van der Waals surface area contributed by atoms with Crippen LogP contribution in [-0.4, -0.2) is 34.3 Å². The first-order valence-corrected chi connectivity index (χ1v) is 8.81. The van der Waals surface area contributed by atoms with E-state index in [9.17, 15) is 13.7 Å². The maximum absolute atomic E-state index is 10.4. The van der Waals surface area contributed by atoms with Crippen LogP contribution in [0.5, 0.6) is 0 Å². The van der Waals surface area contributed by atoms with Crippen molar-refractivity contribution in [2.24, 2.45) is 5.50 Å². The minimum absolute atomic E-state index is 2.12. The lowest BCUT2D eigenvalue weighted by Gasteiger charge is -2.11. The molecule has 0 fully saturated rings. The Hall–Kier alpha value is 0.720. The van der Waals surface area contributed by atoms with Gasteiger partial charge in [0.05, 0.1) is 0 Å². The first kappa shape index (κ1) is 20.0. The molecule has 0 bridgehead atoms. The Morgan fingerprint density at radius 3 is 1.12 bits per heavy atom. The van der Waals surface area contributed by atoms with Crippen LogP contribution in [0.3, 0.4) is 0 Å². The van der Waals surface area contributed by atoms with Crippen molar-refractivity contribution in [3.05, 3.63) is 0 Å². The minimum atomic E-state index is -5.46. The maximum Gasteiger partial charge on any atom is 0.490 e. The fraction of sp³-hybridized carbons (Fsp3) is 0. The minimum Gasteiger partial charge on any atom is -0.338 e. The molecular weight excluding hydrogens is 330 g/mol. The van der Waals surface area contributed by atoms with Gasteiger partial charge in [-0.2, -0.15) is 8.62 Å². The summed E-state index contributed by atoms with van der Waals surface area (Å²) in [5.41, 5.74) is 4.29. The van der Waals surface area contributed by atoms with E-state index in [4.69, 9.17) is 34.3 Å². The maximum atomic E-state index is 10.4. The quantitative estimate of drug-likeness (QED) is 0.271. The highest BCUT2D eigenvalue weighted by Gasteiger charge is 2.38. The molecule has 0 aliphatic rings. The molecule has 0 radical (unpaired) electrons. The van der Waals surface area contributed by atoms with Crippen LogP contribution in [-0.2, 0) is 22.3 Å². The normalized spacial score (nSPS) is 13.2. The molecule has 0 rings (SSSR count). The molecule has 17 heavy (non-hydrogen) atoms. The van der Waals surface area contributed by atoms with Crippen LogP contribution in [0.2, 0.25) is 0 Å². The van der Waals surface area contributed by atoms with Gasteiger partial charge in [0, 0.05) is 0 Å². The smallest absolute Gasteiger partial charge is 0.338 e. The predicted octanol–water partition coefficient (Wildman–Crippen LogP) is -1.54. The van der Waals surface area contributed by atoms with Crippen molar-refractivity contribution in [1.82, 2.24) is 0 Å². The van der Waals surface area contributed by atoms with Crippen LogP contribution in [0, 0.1) is 0 Å². The molecule has 0 saturated carbocycles. The highest BCUT2D eigenvalue weighted by Crippen LogP contribution is 2.64. The molecular formula is H9NO12P4. The second-order valence-corrected chi connectivity index (χ2v) is 6.78. The zero-order valence-corrected chi connectivity index (χ0v) is 11.1. The summed E-state index contributed by atoms with van der Waals surface area (Å²) in [4.78, 5) is 55.1. The largest absolute Gasteiger partial charge is 0.490 e. The van der Waals surface area contributed by atoms with Gasteiger partial charge >= 0.3 is 23.5 Å². The first-order chi connectivity index (χ1) is 7.15. The summed E-state index contributed by atoms with van der Waals surface area (Å²) in [7, 11) is -18.3. The van der Waals surface area contributed by atoms with E-state index < -0.39 is 32.0 Å². The molecule has 0 aromatic rings. The zero-order chi connectivity index (χ0) is 14.5. The van der Waals surface area contributed by atoms with Crippen molar-refractivity contribution in [1.29, 1.82) is 0 Å². The summed E-state index contributed by atoms with van der Waals surface area (Å²) in [6.07, 6.45) is 0. The summed E-state index contributed by atoms with van der Waals surface area (Å²) in [5, 5.41) is 0. The van der Waals surface area contributed by atoms with Crippen molar-refractivity contribution in [3.8, 4) is 0 Å². The number of nitrogens with two attached hydrogens (primary N) is 1. The third-order valence-electron chi connectivity index (χ3n) is 0.419. The molecule has 0 saturated heterocycles. The third kappa shape index (κ3) is 22.4. The van der Waals surface area contributed by atoms with E-state index in [0.717, 1.165) is 0 Å². The van der Waals surface area contributed by atoms with Gasteiger partial charge in [0.15, 0.2) is 0 Å². The second kappa shape index (κ2) is 7.34. The number of hydrogen-bond acceptors (Lipinski definition) is 8. The van der Waals surface area contributed by atoms with Gasteiger partial charge in [-0.1, -0.05) is 0 Å². The third-order valence-corrected chi connectivity index (χ3v) is 3.77. The summed E-state index contributed by atoms with van der Waals surface area (Å²) >= 11 is 0. The first-order valence-electron chi connectivity index (χ1n) is 2.94. The van der Waals surface area contributed by atoms with E-state index in [1.54, 1.807) is 0 Å². The SMILES string of the molecule is NP(O)O.O=P(O)(O)OP(=O)(O)OP(=O)(O)O. The molecule has 0 atom stereocenters. The van der Waals surface area contributed by atoms with Gasteiger partial charge in [0.1, 0.15) is 0 Å². The van der Waals surface area contributed by atoms with Crippen LogP contribution in [0.4, 0.5) is 0 Å². The lowest BCUT2D eigenvalue weighted by atomic mass is 13.9. The van der Waals surface area contributed by atoms with E-state index in [1.165, 1.54) is 0 Å². The predicted molar refractivity (Wildman–Crippen MR) is 51.6 cm³/mol. The molecule has 0 heterocycles. The molecule has 0 aromatic carbocycles. The van der Waals surface area contributed by atoms with Crippen LogP contribution in [0.25, 0.3) is 0 Å². The lowest BCUT2D eigenvalue weighted by Crippen LogP contribution is -1.91. The van der Waals surface area contributed by atoms with E-state index in [1.807, 2.05) is 0 Å². The average Bonchev–Trinajstić information content (AvgIpc) is 1.68. The molecule has 13 nitrogen and oxygen atoms in total. The number of phosphoric acid groups is 3. The molecule has 0 unspecified atom stereocenters.